The SMILES string of the molecule is CC1(C)CCCCCCC2CCC1CC2. The molecule has 0 radical (unpaired) electrons. The lowest BCUT2D eigenvalue weighted by atomic mass is 9.67. The van der Waals surface area contributed by atoms with E-state index in [0.29, 0.717) is 5.41 Å². The highest BCUT2D eigenvalue weighted by Gasteiger charge is 2.32. The van der Waals surface area contributed by atoms with Gasteiger partial charge in [0.1, 0.15) is 0 Å². The Labute approximate surface area is 95.8 Å². The van der Waals surface area contributed by atoms with Crippen molar-refractivity contribution in [3.05, 3.63) is 0 Å². The first kappa shape index (κ1) is 11.5. The summed E-state index contributed by atoms with van der Waals surface area (Å²) in [5, 5.41) is 0. The third kappa shape index (κ3) is 2.98. The van der Waals surface area contributed by atoms with E-state index in [9.17, 15) is 0 Å². The van der Waals surface area contributed by atoms with Crippen LogP contribution in [0.5, 0.6) is 0 Å². The molecular formula is C15H28. The second-order valence-corrected chi connectivity index (χ2v) is 6.66. The van der Waals surface area contributed by atoms with E-state index in [1.807, 2.05) is 0 Å². The maximum atomic E-state index is 2.52. The fourth-order valence-corrected chi connectivity index (χ4v) is 3.80. The Balaban J connectivity index is 1.99. The highest BCUT2D eigenvalue weighted by Crippen LogP contribution is 2.44. The highest BCUT2D eigenvalue weighted by molar-refractivity contribution is 4.84. The lowest BCUT2D eigenvalue weighted by Gasteiger charge is -2.39. The summed E-state index contributed by atoms with van der Waals surface area (Å²) >= 11 is 0. The first-order valence-corrected chi connectivity index (χ1v) is 7.18. The van der Waals surface area contributed by atoms with Gasteiger partial charge in [0.15, 0.2) is 0 Å². The molecule has 3 aliphatic carbocycles. The zero-order valence-corrected chi connectivity index (χ0v) is 10.7. The minimum absolute atomic E-state index is 0.634. The predicted molar refractivity (Wildman–Crippen MR) is 66.9 cm³/mol. The molecule has 0 aromatic rings. The van der Waals surface area contributed by atoms with Gasteiger partial charge in [0, 0.05) is 0 Å². The third-order valence-corrected chi connectivity index (χ3v) is 5.14. The van der Waals surface area contributed by atoms with E-state index >= 15 is 0 Å². The largest absolute Gasteiger partial charge is 0.0596 e. The first-order valence-electron chi connectivity index (χ1n) is 7.18. The summed E-state index contributed by atoms with van der Waals surface area (Å²) in [6, 6.07) is 0. The normalized spacial score (nSPS) is 37.2. The molecule has 3 fully saturated rings. The van der Waals surface area contributed by atoms with E-state index in [4.69, 9.17) is 0 Å². The van der Waals surface area contributed by atoms with Crippen molar-refractivity contribution >= 4 is 0 Å². The molecular weight excluding hydrogens is 180 g/mol. The van der Waals surface area contributed by atoms with Gasteiger partial charge in [-0.25, -0.2) is 0 Å². The van der Waals surface area contributed by atoms with E-state index < -0.39 is 0 Å². The van der Waals surface area contributed by atoms with Crippen molar-refractivity contribution in [3.8, 4) is 0 Å². The van der Waals surface area contributed by atoms with E-state index in [1.165, 1.54) is 64.2 Å². The van der Waals surface area contributed by atoms with Crippen LogP contribution in [0.4, 0.5) is 0 Å². The summed E-state index contributed by atoms with van der Waals surface area (Å²) in [5.41, 5.74) is 0.634. The summed E-state index contributed by atoms with van der Waals surface area (Å²) in [6.07, 6.45) is 15.1. The highest BCUT2D eigenvalue weighted by atomic mass is 14.4. The lowest BCUT2D eigenvalue weighted by molar-refractivity contribution is 0.121. The maximum Gasteiger partial charge on any atom is -0.0326 e. The number of fused-ring (bicyclic) bond motifs is 8. The molecule has 2 bridgehead atoms. The third-order valence-electron chi connectivity index (χ3n) is 5.14. The second kappa shape index (κ2) is 4.89. The Morgan fingerprint density at radius 3 is 2.13 bits per heavy atom. The molecule has 3 saturated carbocycles. The minimum Gasteiger partial charge on any atom is -0.0596 e. The number of rotatable bonds is 0. The molecule has 0 N–H and O–H groups in total. The molecule has 0 atom stereocenters. The Morgan fingerprint density at radius 1 is 0.733 bits per heavy atom. The smallest absolute Gasteiger partial charge is 0.0326 e. The Kier molecular flexibility index (Phi) is 3.74. The van der Waals surface area contributed by atoms with E-state index in [0.717, 1.165) is 11.8 Å². The minimum atomic E-state index is 0.634. The van der Waals surface area contributed by atoms with Crippen molar-refractivity contribution in [1.82, 2.24) is 0 Å². The van der Waals surface area contributed by atoms with Crippen molar-refractivity contribution in [2.45, 2.75) is 78.1 Å². The van der Waals surface area contributed by atoms with Gasteiger partial charge in [-0.15, -0.1) is 0 Å². The van der Waals surface area contributed by atoms with Gasteiger partial charge in [-0.3, -0.25) is 0 Å². The molecule has 3 rings (SSSR count). The molecule has 0 aromatic heterocycles. The molecule has 0 spiro atoms. The topological polar surface area (TPSA) is 0 Å². The maximum absolute atomic E-state index is 2.52. The van der Waals surface area contributed by atoms with Crippen LogP contribution in [0.25, 0.3) is 0 Å². The summed E-state index contributed by atoms with van der Waals surface area (Å²) in [6.45, 7) is 5.05. The van der Waals surface area contributed by atoms with Gasteiger partial charge < -0.3 is 0 Å². The van der Waals surface area contributed by atoms with Gasteiger partial charge in [0.2, 0.25) is 0 Å². The van der Waals surface area contributed by atoms with Crippen LogP contribution in [0, 0.1) is 17.3 Å². The van der Waals surface area contributed by atoms with E-state index in [2.05, 4.69) is 13.8 Å². The zero-order valence-electron chi connectivity index (χ0n) is 10.7. The van der Waals surface area contributed by atoms with Crippen LogP contribution in [0.2, 0.25) is 0 Å². The van der Waals surface area contributed by atoms with Crippen molar-refractivity contribution in [2.24, 2.45) is 17.3 Å². The number of hydrogen-bond acceptors (Lipinski definition) is 0. The molecule has 0 unspecified atom stereocenters. The summed E-state index contributed by atoms with van der Waals surface area (Å²) < 4.78 is 0. The van der Waals surface area contributed by atoms with Crippen LogP contribution in [0.15, 0.2) is 0 Å². The van der Waals surface area contributed by atoms with Crippen molar-refractivity contribution < 1.29 is 0 Å². The van der Waals surface area contributed by atoms with Crippen molar-refractivity contribution in [3.63, 3.8) is 0 Å². The standard InChI is InChI=1S/C15H28/c1-15(2)12-6-4-3-5-7-13-8-10-14(15)11-9-13/h13-14H,3-12H2,1-2H3. The monoisotopic (exact) mass is 208 g/mol. The Morgan fingerprint density at radius 2 is 1.40 bits per heavy atom. The predicted octanol–water partition coefficient (Wildman–Crippen LogP) is 5.17. The van der Waals surface area contributed by atoms with Gasteiger partial charge in [0.25, 0.3) is 0 Å². The van der Waals surface area contributed by atoms with Crippen LogP contribution in [0.1, 0.15) is 78.1 Å². The lowest BCUT2D eigenvalue weighted by Crippen LogP contribution is -2.28. The molecule has 15 heavy (non-hydrogen) atoms. The molecule has 0 nitrogen and oxygen atoms in total. The van der Waals surface area contributed by atoms with Crippen molar-refractivity contribution in [1.29, 1.82) is 0 Å². The molecule has 0 heteroatoms. The average molecular weight is 208 g/mol. The van der Waals surface area contributed by atoms with Crippen LogP contribution in [0.3, 0.4) is 0 Å². The molecule has 0 aromatic carbocycles. The van der Waals surface area contributed by atoms with Crippen LogP contribution in [-0.2, 0) is 0 Å². The fourth-order valence-electron chi connectivity index (χ4n) is 3.80. The second-order valence-electron chi connectivity index (χ2n) is 6.66. The number of hydrogen-bond donors (Lipinski definition) is 0. The van der Waals surface area contributed by atoms with Gasteiger partial charge in [-0.05, 0) is 36.5 Å². The van der Waals surface area contributed by atoms with Gasteiger partial charge in [-0.2, -0.15) is 0 Å². The van der Waals surface area contributed by atoms with Crippen LogP contribution >= 0.6 is 0 Å². The molecule has 0 heterocycles. The van der Waals surface area contributed by atoms with Crippen LogP contribution in [-0.4, -0.2) is 0 Å². The first-order chi connectivity index (χ1) is 7.18. The summed E-state index contributed by atoms with van der Waals surface area (Å²) in [5.74, 6) is 2.13. The quantitative estimate of drug-likeness (QED) is 0.515. The van der Waals surface area contributed by atoms with Gasteiger partial charge in [0.05, 0.1) is 0 Å². The van der Waals surface area contributed by atoms with Gasteiger partial charge >= 0.3 is 0 Å². The van der Waals surface area contributed by atoms with Crippen molar-refractivity contribution in [2.75, 3.05) is 0 Å². The van der Waals surface area contributed by atoms with Gasteiger partial charge in [-0.1, -0.05) is 58.8 Å². The molecule has 3 aliphatic rings. The molecule has 0 saturated heterocycles. The zero-order chi connectivity index (χ0) is 10.7. The molecule has 0 amide bonds. The van der Waals surface area contributed by atoms with E-state index in [1.54, 1.807) is 0 Å². The van der Waals surface area contributed by atoms with E-state index in [-0.39, 0.29) is 0 Å². The molecule has 88 valence electrons. The average Bonchev–Trinajstić information content (AvgIpc) is 2.27. The summed E-state index contributed by atoms with van der Waals surface area (Å²) in [4.78, 5) is 0. The Hall–Kier alpha value is 0. The summed E-state index contributed by atoms with van der Waals surface area (Å²) in [7, 11) is 0. The molecule has 0 aliphatic heterocycles. The van der Waals surface area contributed by atoms with Crippen LogP contribution < -0.4 is 0 Å². The Bertz CT molecular complexity index is 184. The fraction of sp³-hybridized carbons (Fsp3) is 1.00.